The van der Waals surface area contributed by atoms with Gasteiger partial charge in [0.2, 0.25) is 35.4 Å². The number of ether oxygens (including phenoxy) is 8. The first-order chi connectivity index (χ1) is 61.9. The van der Waals surface area contributed by atoms with E-state index in [0.717, 1.165) is 112 Å². The lowest BCUT2D eigenvalue weighted by molar-refractivity contribution is -0.160. The monoisotopic (exact) mass is 1850 g/mol. The second-order valence-corrected chi connectivity index (χ2v) is 42.7. The minimum atomic E-state index is -1.10. The van der Waals surface area contributed by atoms with Gasteiger partial charge in [0.05, 0.1) is 104 Å². The van der Waals surface area contributed by atoms with Crippen molar-refractivity contribution in [2.45, 2.75) is 278 Å². The van der Waals surface area contributed by atoms with Crippen molar-refractivity contribution >= 4 is 128 Å². The van der Waals surface area contributed by atoms with E-state index in [-0.39, 0.29) is 118 Å². The van der Waals surface area contributed by atoms with Crippen molar-refractivity contribution in [3.8, 4) is 17.6 Å². The van der Waals surface area contributed by atoms with Crippen LogP contribution < -0.4 is 14.2 Å². The number of allylic oxidation sites excluding steroid dienone is 1. The van der Waals surface area contributed by atoms with Gasteiger partial charge in [0.25, 0.3) is 0 Å². The summed E-state index contributed by atoms with van der Waals surface area (Å²) in [7, 11) is 2.61. The van der Waals surface area contributed by atoms with E-state index >= 15 is 0 Å². The third-order valence-corrected chi connectivity index (χ3v) is 30.0. The van der Waals surface area contributed by atoms with E-state index in [2.05, 4.69) is 23.1 Å². The zero-order valence-electron chi connectivity index (χ0n) is 76.7. The van der Waals surface area contributed by atoms with E-state index < -0.39 is 88.3 Å². The number of aliphatic carboxylic acids is 1. The molecule has 17 rings (SSSR count). The summed E-state index contributed by atoms with van der Waals surface area (Å²) in [5.41, 5.74) is 4.11. The van der Waals surface area contributed by atoms with Crippen molar-refractivity contribution < 1.29 is 86.2 Å². The molecule has 0 unspecified atom stereocenters. The smallest absolute Gasteiger partial charge is 0.328 e. The normalized spacial score (nSPS) is 29.9. The summed E-state index contributed by atoms with van der Waals surface area (Å²) in [6.45, 7) is 25.4. The summed E-state index contributed by atoms with van der Waals surface area (Å²) >= 11 is 18.7. The SMILES string of the molecule is C=CCCC[C@@H]1[C@H]2C[C@H]2C[C@H]1OC(=O)C[C@H](C(=O)N1C[C@H](Oc2nc3cc(Cl)ccc3nc2C=C)C[C@H]1C(=O)OC)C(C)(C)C.CC(C)(C)[C@@H]1CC(=O)O[C@@H]2C[C@@H]3C[C@@H]3[C@H]2CCCCCc2nc3ccc(Cl)cc3nc2O[C@@H]2C[C@@H](C(=O)O)N(C2)C1=O.COC(=O)[C@@H]1C[C@@H]2CN1C(=O)[C@H](C(C)(C)C)CC(=O)O[C@@H]1C[C@@H]3C[C@@H]3[C@H]1CCCCCc1nc3ccc(Cl)cc3nc1O2. The van der Waals surface area contributed by atoms with Gasteiger partial charge in [-0.05, 0) is 226 Å². The molecule has 3 amide bonds. The number of carboxylic acids is 1. The standard InChI is InChI=1S/C35H44ClN3O6.C33H42ClN3O6.C32H40ClN3O6/c1-7-9-10-11-23-24-14-20(24)15-30(23)45-31(40)18-25(35(3,4)5)33(41)39-19-22(17-29(39)34(42)43-6)44-32-26(8-2)37-27-13-12-21(36)16-28(27)38-32;1-33(2,3)23-16-29(38)43-28-13-18-12-22(18)21(28)8-6-5-7-9-25-30(36-26-14-19(34)10-11-24(26)35-25)42-20-15-27(32(40)41-4)37(17-20)31(23)39;1-32(2,3)22-15-28(37)42-27-12-17-11-21(17)20(27)7-5-4-6-8-24-29(35-25-13-18(33)9-10-23(25)34-24)41-19-14-26(31(39)40)36(16-19)30(22)38/h7-8,12-13,16,20,22-25,29-30H,1-2,9-11,14-15,17-19H2,3-6H3;10-11,14,18,20-23,27-28H,5-9,12-13,15-17H2,1-4H3;9-10,13,17,19-22,26-27H,4-8,11-12,14-16H2,1-3H3,(H,39,40)/t20-,22+,23+,24-,25+,29-,30+;18-,20+,21+,22-,23+,27-,28+;17-,19+,20+,21-,22+,26-,27+/m000/s1. The molecule has 5 aliphatic heterocycles. The Morgan fingerprint density at radius 1 is 0.538 bits per heavy atom. The Hall–Kier alpha value is -9.34. The third kappa shape index (κ3) is 22.1. The molecule has 3 saturated heterocycles. The van der Waals surface area contributed by atoms with E-state index in [9.17, 15) is 48.3 Å². The van der Waals surface area contributed by atoms with Crippen molar-refractivity contribution in [1.29, 1.82) is 0 Å². The van der Waals surface area contributed by atoms with Crippen LogP contribution in [0.2, 0.25) is 15.1 Å². The van der Waals surface area contributed by atoms with Gasteiger partial charge in [0, 0.05) is 34.3 Å². The Morgan fingerprint density at radius 3 is 1.50 bits per heavy atom. The Morgan fingerprint density at radius 2 is 1.02 bits per heavy atom. The largest absolute Gasteiger partial charge is 0.480 e. The zero-order valence-corrected chi connectivity index (χ0v) is 79.0. The summed E-state index contributed by atoms with van der Waals surface area (Å²) in [5, 5.41) is 11.7. The fourth-order valence-electron chi connectivity index (χ4n) is 22.0. The van der Waals surface area contributed by atoms with Crippen molar-refractivity contribution in [1.82, 2.24) is 44.6 Å². The summed E-state index contributed by atoms with van der Waals surface area (Å²) in [5.74, 6) is -0.293. The summed E-state index contributed by atoms with van der Waals surface area (Å²) in [4.78, 5) is 154. The van der Waals surface area contributed by atoms with Gasteiger partial charge in [-0.15, -0.1) is 6.58 Å². The number of benzene rings is 3. The molecule has 0 spiro atoms. The minimum absolute atomic E-state index is 0.0299. The number of fused-ring (bicyclic) bond motifs is 16. The minimum Gasteiger partial charge on any atom is -0.480 e. The molecule has 4 bridgehead atoms. The number of carboxylic acid groups (broad SMARTS) is 1. The Labute approximate surface area is 776 Å². The fraction of sp³-hybridized carbons (Fsp3) is 0.630. The van der Waals surface area contributed by atoms with Gasteiger partial charge in [0.15, 0.2) is 0 Å². The summed E-state index contributed by atoms with van der Waals surface area (Å²) in [6.07, 6.45) is 20.7. The average Bonchev–Trinajstić information content (AvgIpc) is 1.60. The molecule has 21 atom stereocenters. The van der Waals surface area contributed by atoms with E-state index in [1.54, 1.807) is 48.5 Å². The topological polar surface area (TPSA) is 335 Å². The van der Waals surface area contributed by atoms with Crippen LogP contribution in [0.25, 0.3) is 39.2 Å². The molecule has 9 fully saturated rings. The zero-order chi connectivity index (χ0) is 92.7. The number of carbonyl (C=O) groups is 9. The number of aromatic nitrogens is 6. The highest BCUT2D eigenvalue weighted by molar-refractivity contribution is 6.32. The molecule has 11 aliphatic rings. The number of rotatable bonds is 14. The average molecular weight is 1850 g/mol. The highest BCUT2D eigenvalue weighted by Gasteiger charge is 2.59. The molecular weight excluding hydrogens is 1720 g/mol. The number of esters is 5. The molecule has 3 aromatic carbocycles. The van der Waals surface area contributed by atoms with Crippen LogP contribution in [0.1, 0.15) is 227 Å². The van der Waals surface area contributed by atoms with Gasteiger partial charge >= 0.3 is 35.8 Å². The lowest BCUT2D eigenvalue weighted by Crippen LogP contribution is -2.48. The van der Waals surface area contributed by atoms with Crippen LogP contribution in [0.4, 0.5) is 0 Å². The van der Waals surface area contributed by atoms with Gasteiger partial charge in [-0.3, -0.25) is 28.8 Å². The summed E-state index contributed by atoms with van der Waals surface area (Å²) < 4.78 is 47.5. The van der Waals surface area contributed by atoms with E-state index in [1.165, 1.54) is 48.2 Å². The lowest BCUT2D eigenvalue weighted by Gasteiger charge is -2.34. The number of aryl methyl sites for hydroxylation is 2. The van der Waals surface area contributed by atoms with Crippen LogP contribution in [-0.4, -0.2) is 192 Å². The number of hydrogen-bond donors (Lipinski definition) is 1. The van der Waals surface area contributed by atoms with Crippen LogP contribution in [0.15, 0.2) is 73.8 Å². The molecule has 8 heterocycles. The molecule has 6 aliphatic carbocycles. The Balaban J connectivity index is 0.000000150. The molecule has 6 saturated carbocycles. The highest BCUT2D eigenvalue weighted by atomic mass is 35.5. The van der Waals surface area contributed by atoms with Gasteiger partial charge in [-0.1, -0.05) is 135 Å². The number of methoxy groups -OCH3 is 2. The molecule has 0 radical (unpaired) electrons. The van der Waals surface area contributed by atoms with E-state index in [4.69, 9.17) is 92.6 Å². The van der Waals surface area contributed by atoms with Crippen LogP contribution in [0.5, 0.6) is 17.6 Å². The molecule has 1 N–H and O–H groups in total. The maximum atomic E-state index is 14.2. The maximum absolute atomic E-state index is 14.2. The predicted molar refractivity (Wildman–Crippen MR) is 489 cm³/mol. The Kier molecular flexibility index (Phi) is 29.2. The van der Waals surface area contributed by atoms with Gasteiger partial charge in [-0.2, -0.15) is 0 Å². The van der Waals surface area contributed by atoms with Crippen molar-refractivity contribution in [3.63, 3.8) is 0 Å². The predicted octanol–water partition coefficient (Wildman–Crippen LogP) is 17.4. The van der Waals surface area contributed by atoms with Gasteiger partial charge < -0.3 is 57.7 Å². The number of carbonyl (C=O) groups excluding carboxylic acids is 8. The Bertz CT molecular complexity index is 5290. The molecule has 130 heavy (non-hydrogen) atoms. The van der Waals surface area contributed by atoms with E-state index in [0.29, 0.717) is 121 Å². The molecule has 6 aromatic rings. The van der Waals surface area contributed by atoms with Crippen molar-refractivity contribution in [2.24, 2.45) is 87.3 Å². The number of likely N-dealkylation sites (tertiary alicyclic amines) is 1. The molecular formula is C100H126Cl3N9O18. The van der Waals surface area contributed by atoms with Crippen LogP contribution in [0, 0.1) is 87.3 Å². The van der Waals surface area contributed by atoms with Gasteiger partial charge in [0.1, 0.15) is 71.8 Å². The number of nitrogens with zero attached hydrogens (tertiary/aromatic N) is 9. The van der Waals surface area contributed by atoms with Crippen molar-refractivity contribution in [2.75, 3.05) is 33.9 Å². The number of amides is 3. The molecule has 27 nitrogen and oxygen atoms in total. The second kappa shape index (κ2) is 39.8. The first kappa shape index (κ1) is 95.3. The molecule has 30 heteroatoms. The van der Waals surface area contributed by atoms with Crippen LogP contribution >= 0.6 is 34.8 Å². The number of unbranched alkanes of at least 4 members (excludes halogenated alkanes) is 1. The number of halogens is 3. The van der Waals surface area contributed by atoms with E-state index in [1.807, 2.05) is 80.5 Å². The quantitative estimate of drug-likeness (QED) is 0.0458. The number of hydrogen-bond acceptors (Lipinski definition) is 23. The van der Waals surface area contributed by atoms with Crippen LogP contribution in [-0.2, 0) is 79.7 Å². The summed E-state index contributed by atoms with van der Waals surface area (Å²) in [6, 6.07) is 13.2. The molecule has 700 valence electrons. The van der Waals surface area contributed by atoms with Gasteiger partial charge in [-0.25, -0.2) is 44.3 Å². The maximum Gasteiger partial charge on any atom is 0.328 e. The molecule has 3 aromatic heterocycles. The first-order valence-corrected chi connectivity index (χ1v) is 48.1. The lowest BCUT2D eigenvalue weighted by atomic mass is 9.77. The first-order valence-electron chi connectivity index (χ1n) is 46.9. The second-order valence-electron chi connectivity index (χ2n) is 41.3. The van der Waals surface area contributed by atoms with Crippen molar-refractivity contribution in [3.05, 3.63) is 106 Å². The third-order valence-electron chi connectivity index (χ3n) is 29.3. The fourth-order valence-corrected chi connectivity index (χ4v) is 22.5. The highest BCUT2D eigenvalue weighted by Crippen LogP contribution is 2.60. The van der Waals surface area contributed by atoms with Crippen LogP contribution in [0.3, 0.4) is 0 Å².